The summed E-state index contributed by atoms with van der Waals surface area (Å²) in [6.07, 6.45) is 2.15. The predicted molar refractivity (Wildman–Crippen MR) is 129 cm³/mol. The summed E-state index contributed by atoms with van der Waals surface area (Å²) in [4.78, 5) is 14.3. The first kappa shape index (κ1) is 22.8. The molecule has 0 spiro atoms. The van der Waals surface area contributed by atoms with Crippen molar-refractivity contribution in [3.8, 4) is 0 Å². The van der Waals surface area contributed by atoms with Crippen LogP contribution in [0.5, 0.6) is 0 Å². The summed E-state index contributed by atoms with van der Waals surface area (Å²) in [6, 6.07) is 0.708. The molecule has 0 amide bonds. The molecule has 6 heteroatoms. The SMILES string of the molecule is Cc1c(CC2=N[C@H](C)CO2)c(C)c(CC2=N[C@@H](C(C)C)CO2)c(C)c1CC1=N[C@H](C)CO1. The summed E-state index contributed by atoms with van der Waals surface area (Å²) in [5.74, 6) is 3.00. The fourth-order valence-corrected chi connectivity index (χ4v) is 4.79. The van der Waals surface area contributed by atoms with E-state index < -0.39 is 0 Å². The molecule has 4 rings (SSSR count). The van der Waals surface area contributed by atoms with Crippen LogP contribution in [0.15, 0.2) is 15.0 Å². The zero-order valence-electron chi connectivity index (χ0n) is 20.6. The maximum Gasteiger partial charge on any atom is 0.188 e. The minimum Gasteiger partial charge on any atom is -0.478 e. The Morgan fingerprint density at radius 3 is 1.34 bits per heavy atom. The molecule has 0 saturated heterocycles. The van der Waals surface area contributed by atoms with E-state index in [1.165, 1.54) is 33.4 Å². The van der Waals surface area contributed by atoms with E-state index in [0.717, 1.165) is 17.7 Å². The third-order valence-electron chi connectivity index (χ3n) is 6.91. The molecule has 0 saturated carbocycles. The predicted octanol–water partition coefficient (Wildman–Crippen LogP) is 4.33. The Balaban J connectivity index is 1.73. The van der Waals surface area contributed by atoms with Crippen molar-refractivity contribution in [3.05, 3.63) is 33.4 Å². The summed E-state index contributed by atoms with van der Waals surface area (Å²) in [5, 5.41) is 0. The minimum atomic E-state index is 0.229. The lowest BCUT2D eigenvalue weighted by molar-refractivity contribution is 0.287. The van der Waals surface area contributed by atoms with Crippen LogP contribution in [0.4, 0.5) is 0 Å². The van der Waals surface area contributed by atoms with Gasteiger partial charge in [-0.05, 0) is 73.9 Å². The van der Waals surface area contributed by atoms with Crippen molar-refractivity contribution in [2.24, 2.45) is 20.9 Å². The van der Waals surface area contributed by atoms with Gasteiger partial charge in [0.2, 0.25) is 0 Å². The number of benzene rings is 1. The molecule has 32 heavy (non-hydrogen) atoms. The second kappa shape index (κ2) is 9.24. The van der Waals surface area contributed by atoms with Crippen LogP contribution in [-0.4, -0.2) is 55.6 Å². The van der Waals surface area contributed by atoms with E-state index in [1.807, 2.05) is 0 Å². The van der Waals surface area contributed by atoms with Gasteiger partial charge in [0.1, 0.15) is 19.8 Å². The highest BCUT2D eigenvalue weighted by Crippen LogP contribution is 2.31. The summed E-state index contributed by atoms with van der Waals surface area (Å²) in [5.41, 5.74) is 7.74. The van der Waals surface area contributed by atoms with Crippen LogP contribution in [0, 0.1) is 26.7 Å². The number of rotatable bonds is 7. The van der Waals surface area contributed by atoms with Crippen LogP contribution >= 0.6 is 0 Å². The van der Waals surface area contributed by atoms with Gasteiger partial charge >= 0.3 is 0 Å². The monoisotopic (exact) mass is 439 g/mol. The standard InChI is InChI=1S/C26H37N3O3/c1-14(2)23-13-32-26(29-23)10-22-18(6)20(8-24-27-15(3)11-30-24)17(5)21(19(22)7)9-25-28-16(4)12-31-25/h14-16,23H,8-13H2,1-7H3/t15-,16-,23-/m1/s1. The lowest BCUT2D eigenvalue weighted by Crippen LogP contribution is -2.16. The lowest BCUT2D eigenvalue weighted by atomic mass is 9.84. The molecule has 0 aliphatic carbocycles. The van der Waals surface area contributed by atoms with Crippen molar-refractivity contribution in [2.45, 2.75) is 85.9 Å². The van der Waals surface area contributed by atoms with Gasteiger partial charge in [0.15, 0.2) is 17.7 Å². The van der Waals surface area contributed by atoms with Crippen molar-refractivity contribution in [2.75, 3.05) is 19.8 Å². The molecule has 0 aromatic heterocycles. The Morgan fingerprint density at radius 2 is 1.03 bits per heavy atom. The Labute approximate surface area is 192 Å². The van der Waals surface area contributed by atoms with Crippen molar-refractivity contribution in [1.82, 2.24) is 0 Å². The molecular weight excluding hydrogens is 402 g/mol. The molecule has 6 nitrogen and oxygen atoms in total. The van der Waals surface area contributed by atoms with Crippen LogP contribution in [0.1, 0.15) is 61.1 Å². The Bertz CT molecular complexity index is 920. The van der Waals surface area contributed by atoms with E-state index in [1.54, 1.807) is 0 Å². The summed E-state index contributed by atoms with van der Waals surface area (Å²) < 4.78 is 17.7. The highest BCUT2D eigenvalue weighted by molar-refractivity contribution is 5.85. The number of hydrogen-bond acceptors (Lipinski definition) is 6. The van der Waals surface area contributed by atoms with Gasteiger partial charge in [-0.1, -0.05) is 13.8 Å². The zero-order chi connectivity index (χ0) is 23.0. The fourth-order valence-electron chi connectivity index (χ4n) is 4.79. The van der Waals surface area contributed by atoms with Gasteiger partial charge in [0.05, 0.1) is 18.1 Å². The fraction of sp³-hybridized carbons (Fsp3) is 0.654. The molecule has 1 aromatic carbocycles. The summed E-state index contributed by atoms with van der Waals surface area (Å²) >= 11 is 0. The van der Waals surface area contributed by atoms with E-state index >= 15 is 0 Å². The Kier molecular flexibility index (Phi) is 6.59. The van der Waals surface area contributed by atoms with Crippen molar-refractivity contribution in [1.29, 1.82) is 0 Å². The second-order valence-corrected chi connectivity index (χ2v) is 9.85. The first-order valence-corrected chi connectivity index (χ1v) is 11.9. The molecule has 3 atom stereocenters. The van der Waals surface area contributed by atoms with Crippen LogP contribution in [0.2, 0.25) is 0 Å². The summed E-state index contributed by atoms with van der Waals surface area (Å²) in [7, 11) is 0. The molecule has 3 aliphatic heterocycles. The molecule has 0 radical (unpaired) electrons. The van der Waals surface area contributed by atoms with Gasteiger partial charge in [-0.25, -0.2) is 15.0 Å². The molecule has 3 heterocycles. The van der Waals surface area contributed by atoms with Gasteiger partial charge < -0.3 is 14.2 Å². The first-order valence-electron chi connectivity index (χ1n) is 11.9. The van der Waals surface area contributed by atoms with Crippen molar-refractivity contribution < 1.29 is 14.2 Å². The average Bonchev–Trinajstić information content (AvgIpc) is 3.47. The molecule has 0 fully saturated rings. The first-order chi connectivity index (χ1) is 15.2. The highest BCUT2D eigenvalue weighted by atomic mass is 16.5. The maximum absolute atomic E-state index is 6.00. The number of hydrogen-bond donors (Lipinski definition) is 0. The van der Waals surface area contributed by atoms with E-state index in [4.69, 9.17) is 29.2 Å². The van der Waals surface area contributed by atoms with Crippen LogP contribution < -0.4 is 0 Å². The Morgan fingerprint density at radius 1 is 0.656 bits per heavy atom. The number of nitrogens with zero attached hydrogens (tertiary/aromatic N) is 3. The average molecular weight is 440 g/mol. The van der Waals surface area contributed by atoms with E-state index in [9.17, 15) is 0 Å². The zero-order valence-corrected chi connectivity index (χ0v) is 20.6. The number of aliphatic imine (C=N–C) groups is 3. The maximum atomic E-state index is 6.00. The van der Waals surface area contributed by atoms with Crippen LogP contribution in [0.25, 0.3) is 0 Å². The molecule has 0 bridgehead atoms. The van der Waals surface area contributed by atoms with Gasteiger partial charge in [-0.2, -0.15) is 0 Å². The van der Waals surface area contributed by atoms with Gasteiger partial charge in [-0.3, -0.25) is 0 Å². The topological polar surface area (TPSA) is 64.8 Å². The normalized spacial score (nSPS) is 24.8. The quantitative estimate of drug-likeness (QED) is 0.635. The van der Waals surface area contributed by atoms with E-state index in [-0.39, 0.29) is 18.1 Å². The highest BCUT2D eigenvalue weighted by Gasteiger charge is 2.27. The largest absolute Gasteiger partial charge is 0.478 e. The third-order valence-corrected chi connectivity index (χ3v) is 6.91. The molecular formula is C26H37N3O3. The second-order valence-electron chi connectivity index (χ2n) is 9.85. The van der Waals surface area contributed by atoms with Crippen molar-refractivity contribution >= 4 is 17.7 Å². The molecule has 3 aliphatic rings. The van der Waals surface area contributed by atoms with Gasteiger partial charge in [0.25, 0.3) is 0 Å². The van der Waals surface area contributed by atoms with Crippen LogP contribution in [-0.2, 0) is 33.5 Å². The van der Waals surface area contributed by atoms with Gasteiger partial charge in [-0.15, -0.1) is 0 Å². The van der Waals surface area contributed by atoms with E-state index in [0.29, 0.717) is 45.0 Å². The lowest BCUT2D eigenvalue weighted by Gasteiger charge is -2.22. The summed E-state index contributed by atoms with van der Waals surface area (Å²) in [6.45, 7) is 17.3. The smallest absolute Gasteiger partial charge is 0.188 e. The molecule has 0 N–H and O–H groups in total. The van der Waals surface area contributed by atoms with Crippen molar-refractivity contribution in [3.63, 3.8) is 0 Å². The molecule has 1 aromatic rings. The number of ether oxygens (including phenoxy) is 3. The minimum absolute atomic E-state index is 0.229. The van der Waals surface area contributed by atoms with Gasteiger partial charge in [0, 0.05) is 19.3 Å². The Hall–Kier alpha value is -2.37. The van der Waals surface area contributed by atoms with Crippen LogP contribution in [0.3, 0.4) is 0 Å². The molecule has 174 valence electrons. The molecule has 0 unspecified atom stereocenters. The third kappa shape index (κ3) is 4.69. The van der Waals surface area contributed by atoms with E-state index in [2.05, 4.69) is 48.5 Å².